The number of carbonyl (C=O) groups excluding carboxylic acids is 2. The van der Waals surface area contributed by atoms with Gasteiger partial charge in [-0.05, 0) is 60.3 Å². The van der Waals surface area contributed by atoms with Crippen molar-refractivity contribution in [3.05, 3.63) is 93.8 Å². The fourth-order valence-corrected chi connectivity index (χ4v) is 6.12. The molecule has 0 unspecified atom stereocenters. The highest BCUT2D eigenvalue weighted by molar-refractivity contribution is 7.89. The van der Waals surface area contributed by atoms with Crippen molar-refractivity contribution in [1.29, 1.82) is 0 Å². The predicted molar refractivity (Wildman–Crippen MR) is 142 cm³/mol. The number of methoxy groups -OCH3 is 1. The van der Waals surface area contributed by atoms with Crippen LogP contribution in [-0.2, 0) is 26.1 Å². The number of aryl methyl sites for hydroxylation is 1. The van der Waals surface area contributed by atoms with E-state index < -0.39 is 28.4 Å². The van der Waals surface area contributed by atoms with Gasteiger partial charge in [-0.1, -0.05) is 47.5 Å². The summed E-state index contributed by atoms with van der Waals surface area (Å²) >= 11 is 7.57. The summed E-state index contributed by atoms with van der Waals surface area (Å²) in [6.07, 6.45) is 0. The van der Waals surface area contributed by atoms with E-state index in [-0.39, 0.29) is 11.4 Å². The Morgan fingerprint density at radius 2 is 1.75 bits per heavy atom. The molecule has 7 nitrogen and oxygen atoms in total. The summed E-state index contributed by atoms with van der Waals surface area (Å²) in [7, 11) is -2.68. The first kappa shape index (κ1) is 25.8. The molecule has 0 radical (unpaired) electrons. The summed E-state index contributed by atoms with van der Waals surface area (Å²) in [6.45, 7) is 1.37. The normalized spacial score (nSPS) is 11.6. The monoisotopic (exact) mass is 542 g/mol. The summed E-state index contributed by atoms with van der Waals surface area (Å²) in [4.78, 5) is 25.4. The molecule has 0 aliphatic rings. The summed E-state index contributed by atoms with van der Waals surface area (Å²) < 4.78 is 33.7. The molecule has 36 heavy (non-hydrogen) atoms. The Hall–Kier alpha value is -3.24. The minimum Gasteiger partial charge on any atom is -0.465 e. The molecule has 4 aromatic rings. The van der Waals surface area contributed by atoms with Crippen molar-refractivity contribution in [2.45, 2.75) is 18.4 Å². The number of rotatable bonds is 8. The van der Waals surface area contributed by atoms with Gasteiger partial charge in [-0.15, -0.1) is 11.3 Å². The Morgan fingerprint density at radius 3 is 2.44 bits per heavy atom. The second kappa shape index (κ2) is 10.8. The number of anilines is 1. The molecule has 186 valence electrons. The minimum atomic E-state index is -4.00. The SMILES string of the molecule is COC(=O)c1cc2cc(NC(=O)CN(Cc3ccccc3Cl)S(=O)(=O)c3ccc(C)cc3)ccc2s1. The highest BCUT2D eigenvalue weighted by Crippen LogP contribution is 2.29. The van der Waals surface area contributed by atoms with Crippen molar-refractivity contribution >= 4 is 60.6 Å². The number of fused-ring (bicyclic) bond motifs is 1. The zero-order valence-electron chi connectivity index (χ0n) is 19.5. The van der Waals surface area contributed by atoms with Crippen molar-refractivity contribution in [3.8, 4) is 0 Å². The minimum absolute atomic E-state index is 0.0740. The number of carbonyl (C=O) groups is 2. The molecule has 4 rings (SSSR count). The Labute approximate surface area is 218 Å². The van der Waals surface area contributed by atoms with Gasteiger partial charge < -0.3 is 10.1 Å². The Bertz CT molecular complexity index is 1530. The van der Waals surface area contributed by atoms with Crippen LogP contribution in [0.4, 0.5) is 5.69 Å². The molecule has 0 bridgehead atoms. The molecule has 0 spiro atoms. The fourth-order valence-electron chi connectivity index (χ4n) is 3.58. The molecule has 0 aliphatic heterocycles. The van der Waals surface area contributed by atoms with Crippen LogP contribution < -0.4 is 5.32 Å². The lowest BCUT2D eigenvalue weighted by atomic mass is 10.2. The van der Waals surface area contributed by atoms with Crippen molar-refractivity contribution in [2.75, 3.05) is 19.0 Å². The molecule has 3 aromatic carbocycles. The van der Waals surface area contributed by atoms with Crippen LogP contribution in [0, 0.1) is 6.92 Å². The second-order valence-electron chi connectivity index (χ2n) is 8.08. The van der Waals surface area contributed by atoms with E-state index in [1.165, 1.54) is 30.6 Å². The van der Waals surface area contributed by atoms with Gasteiger partial charge in [0.2, 0.25) is 15.9 Å². The summed E-state index contributed by atoms with van der Waals surface area (Å²) in [5, 5.41) is 3.93. The fraction of sp³-hybridized carbons (Fsp3) is 0.154. The lowest BCUT2D eigenvalue weighted by molar-refractivity contribution is -0.116. The van der Waals surface area contributed by atoms with Gasteiger partial charge in [0.05, 0.1) is 18.6 Å². The number of nitrogens with zero attached hydrogens (tertiary/aromatic N) is 1. The van der Waals surface area contributed by atoms with E-state index in [0.29, 0.717) is 21.2 Å². The number of nitrogens with one attached hydrogen (secondary N) is 1. The maximum atomic E-state index is 13.5. The van der Waals surface area contributed by atoms with Gasteiger partial charge in [-0.2, -0.15) is 4.31 Å². The molecule has 0 fully saturated rings. The Kier molecular flexibility index (Phi) is 7.75. The smallest absolute Gasteiger partial charge is 0.348 e. The molecule has 1 aromatic heterocycles. The van der Waals surface area contributed by atoms with Crippen LogP contribution in [0.5, 0.6) is 0 Å². The standard InChI is InChI=1S/C26H23ClN2O5S2/c1-17-7-10-21(11-8-17)36(32,33)29(15-18-5-3-4-6-22(18)27)16-25(30)28-20-9-12-23-19(13-20)14-24(35-23)26(31)34-2/h3-14H,15-16H2,1-2H3,(H,28,30). The van der Waals surface area contributed by atoms with Gasteiger partial charge in [0.15, 0.2) is 0 Å². The number of hydrogen-bond donors (Lipinski definition) is 1. The third-order valence-electron chi connectivity index (χ3n) is 5.47. The average molecular weight is 543 g/mol. The maximum Gasteiger partial charge on any atom is 0.348 e. The highest BCUT2D eigenvalue weighted by atomic mass is 35.5. The first-order valence-electron chi connectivity index (χ1n) is 10.9. The quantitative estimate of drug-likeness (QED) is 0.298. The number of sulfonamides is 1. The molecule has 0 saturated carbocycles. The predicted octanol–water partition coefficient (Wildman–Crippen LogP) is 5.48. The van der Waals surface area contributed by atoms with E-state index in [1.54, 1.807) is 60.7 Å². The van der Waals surface area contributed by atoms with Gasteiger partial charge in [-0.25, -0.2) is 13.2 Å². The van der Waals surface area contributed by atoms with E-state index in [1.807, 2.05) is 6.92 Å². The van der Waals surface area contributed by atoms with Crippen LogP contribution in [0.3, 0.4) is 0 Å². The molecule has 1 amide bonds. The zero-order valence-corrected chi connectivity index (χ0v) is 21.9. The van der Waals surface area contributed by atoms with Crippen LogP contribution >= 0.6 is 22.9 Å². The van der Waals surface area contributed by atoms with E-state index in [2.05, 4.69) is 5.32 Å². The van der Waals surface area contributed by atoms with Crippen LogP contribution in [-0.4, -0.2) is 38.3 Å². The second-order valence-corrected chi connectivity index (χ2v) is 11.5. The Balaban J connectivity index is 1.59. The molecule has 1 heterocycles. The number of ether oxygens (including phenoxy) is 1. The third kappa shape index (κ3) is 5.76. The van der Waals surface area contributed by atoms with E-state index in [9.17, 15) is 18.0 Å². The summed E-state index contributed by atoms with van der Waals surface area (Å²) in [6, 6.07) is 20.3. The van der Waals surface area contributed by atoms with E-state index >= 15 is 0 Å². The Morgan fingerprint density at radius 1 is 1.03 bits per heavy atom. The lowest BCUT2D eigenvalue weighted by Gasteiger charge is -2.22. The van der Waals surface area contributed by atoms with Crippen molar-refractivity contribution in [1.82, 2.24) is 4.31 Å². The van der Waals surface area contributed by atoms with Crippen LogP contribution in [0.15, 0.2) is 77.7 Å². The van der Waals surface area contributed by atoms with Gasteiger partial charge >= 0.3 is 5.97 Å². The van der Waals surface area contributed by atoms with Gasteiger partial charge in [-0.3, -0.25) is 4.79 Å². The van der Waals surface area contributed by atoms with Gasteiger partial charge in [0.25, 0.3) is 0 Å². The molecule has 0 saturated heterocycles. The topological polar surface area (TPSA) is 92.8 Å². The molecular formula is C26H23ClN2O5S2. The van der Waals surface area contributed by atoms with Crippen LogP contribution in [0.1, 0.15) is 20.8 Å². The lowest BCUT2D eigenvalue weighted by Crippen LogP contribution is -2.37. The van der Waals surface area contributed by atoms with Crippen molar-refractivity contribution in [3.63, 3.8) is 0 Å². The van der Waals surface area contributed by atoms with Crippen LogP contribution in [0.2, 0.25) is 5.02 Å². The zero-order chi connectivity index (χ0) is 25.9. The molecule has 0 atom stereocenters. The van der Waals surface area contributed by atoms with Crippen molar-refractivity contribution in [2.24, 2.45) is 0 Å². The average Bonchev–Trinajstić information content (AvgIpc) is 3.28. The number of halogens is 1. The number of amides is 1. The molecule has 10 heteroatoms. The van der Waals surface area contributed by atoms with E-state index in [0.717, 1.165) is 20.0 Å². The van der Waals surface area contributed by atoms with Crippen molar-refractivity contribution < 1.29 is 22.7 Å². The number of benzene rings is 3. The third-order valence-corrected chi connectivity index (χ3v) is 8.74. The van der Waals surface area contributed by atoms with Crippen LogP contribution in [0.25, 0.3) is 10.1 Å². The molecule has 0 aliphatic carbocycles. The number of hydrogen-bond acceptors (Lipinski definition) is 6. The first-order chi connectivity index (χ1) is 17.2. The van der Waals surface area contributed by atoms with E-state index in [4.69, 9.17) is 16.3 Å². The maximum absolute atomic E-state index is 13.5. The summed E-state index contributed by atoms with van der Waals surface area (Å²) in [5.41, 5.74) is 1.98. The number of esters is 1. The summed E-state index contributed by atoms with van der Waals surface area (Å²) in [5.74, 6) is -0.946. The number of thiophene rings is 1. The van der Waals surface area contributed by atoms with Gasteiger partial charge in [0, 0.05) is 22.0 Å². The molecule has 1 N–H and O–H groups in total. The van der Waals surface area contributed by atoms with Gasteiger partial charge in [0.1, 0.15) is 4.88 Å². The first-order valence-corrected chi connectivity index (χ1v) is 13.5. The molecular weight excluding hydrogens is 520 g/mol. The highest BCUT2D eigenvalue weighted by Gasteiger charge is 2.27. The largest absolute Gasteiger partial charge is 0.465 e.